The van der Waals surface area contributed by atoms with Crippen molar-refractivity contribution in [3.8, 4) is 0 Å². The van der Waals surface area contributed by atoms with Gasteiger partial charge in [0.1, 0.15) is 23.1 Å². The summed E-state index contributed by atoms with van der Waals surface area (Å²) in [5.41, 5.74) is 1.60. The van der Waals surface area contributed by atoms with E-state index < -0.39 is 12.5 Å². The van der Waals surface area contributed by atoms with Crippen LogP contribution < -0.4 is 16.0 Å². The van der Waals surface area contributed by atoms with E-state index in [0.29, 0.717) is 24.0 Å². The molecule has 3 aromatic heterocycles. The summed E-state index contributed by atoms with van der Waals surface area (Å²) in [6.07, 6.45) is 3.21. The normalized spacial score (nSPS) is 11.2. The van der Waals surface area contributed by atoms with E-state index in [4.69, 9.17) is 0 Å². The Hall–Kier alpha value is -3.29. The lowest BCUT2D eigenvalue weighted by molar-refractivity contribution is 0.00603. The number of hydrogen-bond donors (Lipinski definition) is 3. The highest BCUT2D eigenvalue weighted by Crippen LogP contribution is 2.29. The van der Waals surface area contributed by atoms with Gasteiger partial charge in [0.15, 0.2) is 0 Å². The first kappa shape index (κ1) is 21.4. The van der Waals surface area contributed by atoms with Crippen LogP contribution in [-0.2, 0) is 18.8 Å². The van der Waals surface area contributed by atoms with Crippen molar-refractivity contribution in [2.75, 3.05) is 36.1 Å². The summed E-state index contributed by atoms with van der Waals surface area (Å²) >= 11 is 0. The van der Waals surface area contributed by atoms with Gasteiger partial charge in [-0.1, -0.05) is 25.1 Å². The van der Waals surface area contributed by atoms with E-state index in [0.717, 1.165) is 24.1 Å². The van der Waals surface area contributed by atoms with Crippen LogP contribution in [0.2, 0.25) is 0 Å². The number of aromatic nitrogens is 3. The maximum absolute atomic E-state index is 14.7. The molecule has 0 aliphatic heterocycles. The summed E-state index contributed by atoms with van der Waals surface area (Å²) in [6.45, 7) is 2.00. The average Bonchev–Trinajstić information content (AvgIpc) is 2.78. The van der Waals surface area contributed by atoms with Crippen molar-refractivity contribution in [2.24, 2.45) is 0 Å². The number of aryl methyl sites for hydroxylation is 1. The van der Waals surface area contributed by atoms with Gasteiger partial charge in [-0.2, -0.15) is 8.78 Å². The van der Waals surface area contributed by atoms with Crippen LogP contribution >= 0.6 is 0 Å². The highest BCUT2D eigenvalue weighted by molar-refractivity contribution is 5.47. The van der Waals surface area contributed by atoms with Gasteiger partial charge in [-0.3, -0.25) is 4.98 Å². The minimum atomic E-state index is -3.14. The maximum atomic E-state index is 14.7. The molecule has 158 valence electrons. The number of pyridine rings is 3. The molecule has 0 aromatic carbocycles. The summed E-state index contributed by atoms with van der Waals surface area (Å²) in [7, 11) is 1.68. The fourth-order valence-corrected chi connectivity index (χ4v) is 2.98. The van der Waals surface area contributed by atoms with E-state index in [9.17, 15) is 8.78 Å². The van der Waals surface area contributed by atoms with Gasteiger partial charge in [0, 0.05) is 31.9 Å². The quantitative estimate of drug-likeness (QED) is 0.460. The number of rotatable bonds is 10. The van der Waals surface area contributed by atoms with Crippen molar-refractivity contribution in [3.63, 3.8) is 0 Å². The Morgan fingerprint density at radius 1 is 0.933 bits per heavy atom. The van der Waals surface area contributed by atoms with Crippen LogP contribution in [-0.4, -0.2) is 35.1 Å². The lowest BCUT2D eigenvalue weighted by Gasteiger charge is -2.19. The predicted molar refractivity (Wildman–Crippen MR) is 116 cm³/mol. The molecule has 3 aromatic rings. The summed E-state index contributed by atoms with van der Waals surface area (Å²) in [6, 6.07) is 14.1. The second-order valence-electron chi connectivity index (χ2n) is 6.77. The van der Waals surface area contributed by atoms with Crippen LogP contribution in [0.3, 0.4) is 0 Å². The van der Waals surface area contributed by atoms with Crippen molar-refractivity contribution < 1.29 is 8.78 Å². The van der Waals surface area contributed by atoms with E-state index in [1.807, 2.05) is 25.1 Å². The monoisotopic (exact) mass is 412 g/mol. The van der Waals surface area contributed by atoms with Gasteiger partial charge in [0.25, 0.3) is 0 Å². The molecule has 0 aliphatic carbocycles. The Labute approximate surface area is 175 Å². The maximum Gasteiger partial charge on any atom is 0.306 e. The van der Waals surface area contributed by atoms with Crippen molar-refractivity contribution in [2.45, 2.75) is 25.7 Å². The van der Waals surface area contributed by atoms with Gasteiger partial charge in [-0.05, 0) is 42.3 Å². The van der Waals surface area contributed by atoms with Gasteiger partial charge >= 0.3 is 5.92 Å². The molecule has 0 radical (unpaired) electrons. The highest BCUT2D eigenvalue weighted by atomic mass is 19.3. The summed E-state index contributed by atoms with van der Waals surface area (Å²) in [5, 5.41) is 8.80. The van der Waals surface area contributed by atoms with Crippen molar-refractivity contribution >= 4 is 17.5 Å². The Kier molecular flexibility index (Phi) is 7.11. The second kappa shape index (κ2) is 9.96. The van der Waals surface area contributed by atoms with Crippen LogP contribution in [0, 0.1) is 0 Å². The zero-order valence-corrected chi connectivity index (χ0v) is 17.1. The molecule has 3 rings (SSSR count). The third-order valence-electron chi connectivity index (χ3n) is 4.63. The van der Waals surface area contributed by atoms with Crippen LogP contribution in [0.15, 0.2) is 54.7 Å². The Bertz CT molecular complexity index is 949. The van der Waals surface area contributed by atoms with Crippen LogP contribution in [0.5, 0.6) is 0 Å². The highest BCUT2D eigenvalue weighted by Gasteiger charge is 2.33. The molecule has 0 aliphatic rings. The zero-order chi connectivity index (χ0) is 21.4. The molecular formula is C22H26F2N6. The lowest BCUT2D eigenvalue weighted by atomic mass is 10.1. The lowest BCUT2D eigenvalue weighted by Crippen LogP contribution is -2.26. The molecule has 0 atom stereocenters. The first-order chi connectivity index (χ1) is 14.5. The average molecular weight is 412 g/mol. The SMILES string of the molecule is CCc1ccc(C(F)(F)CNc2cccc(NCCc3ccccn3)n2)nc1NC. The Morgan fingerprint density at radius 2 is 1.73 bits per heavy atom. The van der Waals surface area contributed by atoms with Gasteiger partial charge in [-0.15, -0.1) is 0 Å². The number of nitrogens with one attached hydrogen (secondary N) is 3. The minimum Gasteiger partial charge on any atom is -0.373 e. The molecule has 0 bridgehead atoms. The van der Waals surface area contributed by atoms with Gasteiger partial charge < -0.3 is 16.0 Å². The molecule has 30 heavy (non-hydrogen) atoms. The molecule has 0 saturated heterocycles. The van der Waals surface area contributed by atoms with Crippen molar-refractivity contribution in [1.82, 2.24) is 15.0 Å². The molecular weight excluding hydrogens is 386 g/mol. The van der Waals surface area contributed by atoms with Gasteiger partial charge in [0.2, 0.25) is 0 Å². The van der Waals surface area contributed by atoms with Crippen molar-refractivity contribution in [3.05, 3.63) is 71.7 Å². The number of nitrogens with zero attached hydrogens (tertiary/aromatic N) is 3. The fraction of sp³-hybridized carbons (Fsp3) is 0.318. The van der Waals surface area contributed by atoms with E-state index in [1.165, 1.54) is 6.07 Å². The third kappa shape index (κ3) is 5.62. The third-order valence-corrected chi connectivity index (χ3v) is 4.63. The Balaban J connectivity index is 1.59. The second-order valence-corrected chi connectivity index (χ2v) is 6.77. The molecule has 8 heteroatoms. The molecule has 0 saturated carbocycles. The standard InChI is InChI=1S/C22H26F2N6/c1-3-16-10-11-18(29-21(16)25-2)22(23,24)15-28-20-9-6-8-19(30-20)27-14-12-17-7-4-5-13-26-17/h4-11,13H,3,12,14-15H2,1-2H3,(H,25,29)(H2,27,28,30). The van der Waals surface area contributed by atoms with Crippen molar-refractivity contribution in [1.29, 1.82) is 0 Å². The molecule has 3 heterocycles. The van der Waals surface area contributed by atoms with E-state index >= 15 is 0 Å². The fourth-order valence-electron chi connectivity index (χ4n) is 2.98. The first-order valence-corrected chi connectivity index (χ1v) is 9.92. The largest absolute Gasteiger partial charge is 0.373 e. The van der Waals surface area contributed by atoms with Gasteiger partial charge in [-0.25, -0.2) is 9.97 Å². The molecule has 3 N–H and O–H groups in total. The zero-order valence-electron chi connectivity index (χ0n) is 17.1. The van der Waals surface area contributed by atoms with E-state index in [1.54, 1.807) is 37.5 Å². The summed E-state index contributed by atoms with van der Waals surface area (Å²) in [5.74, 6) is -1.67. The van der Waals surface area contributed by atoms with Gasteiger partial charge in [0.05, 0.1) is 6.54 Å². The van der Waals surface area contributed by atoms with Crippen LogP contribution in [0.1, 0.15) is 23.9 Å². The molecule has 6 nitrogen and oxygen atoms in total. The van der Waals surface area contributed by atoms with Crippen LogP contribution in [0.25, 0.3) is 0 Å². The summed E-state index contributed by atoms with van der Waals surface area (Å²) in [4.78, 5) is 12.7. The molecule has 0 amide bonds. The minimum absolute atomic E-state index is 0.277. The summed E-state index contributed by atoms with van der Waals surface area (Å²) < 4.78 is 29.4. The topological polar surface area (TPSA) is 74.8 Å². The van der Waals surface area contributed by atoms with E-state index in [2.05, 4.69) is 30.9 Å². The number of hydrogen-bond acceptors (Lipinski definition) is 6. The van der Waals surface area contributed by atoms with Crippen LogP contribution in [0.4, 0.5) is 26.2 Å². The Morgan fingerprint density at radius 3 is 2.43 bits per heavy atom. The number of alkyl halides is 2. The first-order valence-electron chi connectivity index (χ1n) is 9.92. The smallest absolute Gasteiger partial charge is 0.306 e. The predicted octanol–water partition coefficient (Wildman–Crippen LogP) is 4.33. The number of halogens is 2. The molecule has 0 fully saturated rings. The molecule has 0 unspecified atom stereocenters. The van der Waals surface area contributed by atoms with E-state index in [-0.39, 0.29) is 5.69 Å². The number of anilines is 3. The molecule has 0 spiro atoms.